The molecule has 2 saturated heterocycles. The molecule has 5 N–H and O–H groups in total. The maximum absolute atomic E-state index is 13.9. The van der Waals surface area contributed by atoms with Crippen molar-refractivity contribution in [2.75, 3.05) is 44.6 Å². The van der Waals surface area contributed by atoms with Crippen molar-refractivity contribution in [3.05, 3.63) is 52.6 Å². The summed E-state index contributed by atoms with van der Waals surface area (Å²) in [5, 5.41) is 2.66. The zero-order valence-electron chi connectivity index (χ0n) is 21.3. The Morgan fingerprint density at radius 3 is 2.32 bits per heavy atom. The molecule has 0 unspecified atom stereocenters. The van der Waals surface area contributed by atoms with Gasteiger partial charge in [0.15, 0.2) is 0 Å². The Balaban J connectivity index is 1.32. The van der Waals surface area contributed by atoms with Crippen LogP contribution in [0.25, 0.3) is 5.69 Å². The van der Waals surface area contributed by atoms with E-state index in [-0.39, 0.29) is 17.8 Å². The number of amides is 3. The minimum Gasteiger partial charge on any atom is -0.338 e. The number of alkyl halides is 1. The molecule has 11 nitrogen and oxygen atoms in total. The van der Waals surface area contributed by atoms with Crippen molar-refractivity contribution in [3.63, 3.8) is 0 Å². The Hall–Kier alpha value is -3.35. The van der Waals surface area contributed by atoms with E-state index in [1.165, 1.54) is 4.57 Å². The lowest BCUT2D eigenvalue weighted by Crippen LogP contribution is -2.58. The fraction of sp³-hybridized carbons (Fsp3) is 0.520. The van der Waals surface area contributed by atoms with E-state index in [2.05, 4.69) is 10.3 Å². The van der Waals surface area contributed by atoms with Crippen LogP contribution in [0, 0.1) is 0 Å². The first-order valence-corrected chi connectivity index (χ1v) is 12.5. The molecule has 0 saturated carbocycles. The van der Waals surface area contributed by atoms with Gasteiger partial charge in [-0.2, -0.15) is 4.98 Å². The molecule has 3 heterocycles. The van der Waals surface area contributed by atoms with Crippen molar-refractivity contribution in [1.29, 1.82) is 0 Å². The minimum absolute atomic E-state index is 0.147. The van der Waals surface area contributed by atoms with Gasteiger partial charge in [0.2, 0.25) is 5.91 Å². The third kappa shape index (κ3) is 6.51. The number of likely N-dealkylation sites (tertiary alicyclic amines) is 1. The molecule has 0 bridgehead atoms. The van der Waals surface area contributed by atoms with E-state index in [0.29, 0.717) is 51.4 Å². The maximum Gasteiger partial charge on any atom is 0.354 e. The lowest BCUT2D eigenvalue weighted by atomic mass is 10.0. The van der Waals surface area contributed by atoms with Gasteiger partial charge in [-0.3, -0.25) is 19.6 Å². The number of aromatic nitrogens is 2. The molecule has 0 radical (unpaired) electrons. The molecule has 2 fully saturated rings. The number of urea groups is 1. The van der Waals surface area contributed by atoms with Gasteiger partial charge < -0.3 is 21.3 Å². The summed E-state index contributed by atoms with van der Waals surface area (Å²) in [5.41, 5.74) is 11.8. The van der Waals surface area contributed by atoms with Crippen LogP contribution in [-0.2, 0) is 11.3 Å². The maximum atomic E-state index is 13.9. The van der Waals surface area contributed by atoms with Crippen LogP contribution in [0.2, 0.25) is 0 Å². The van der Waals surface area contributed by atoms with Gasteiger partial charge in [-0.15, -0.1) is 0 Å². The first-order chi connectivity index (χ1) is 17.5. The van der Waals surface area contributed by atoms with Crippen LogP contribution in [0.4, 0.5) is 15.0 Å². The number of rotatable bonds is 5. The number of carbonyl (C=O) groups excluding carboxylic acids is 2. The Bertz CT molecular complexity index is 1170. The van der Waals surface area contributed by atoms with Crippen molar-refractivity contribution in [3.8, 4) is 5.69 Å². The van der Waals surface area contributed by atoms with Gasteiger partial charge in [-0.25, -0.2) is 14.0 Å². The van der Waals surface area contributed by atoms with Crippen molar-refractivity contribution in [1.82, 2.24) is 24.3 Å². The highest BCUT2D eigenvalue weighted by Gasteiger charge is 2.31. The normalized spacial score (nSPS) is 21.1. The molecule has 2 aliphatic rings. The summed E-state index contributed by atoms with van der Waals surface area (Å²) < 4.78 is 15.3. The average molecular weight is 515 g/mol. The van der Waals surface area contributed by atoms with E-state index in [1.54, 1.807) is 35.9 Å². The molecule has 37 heavy (non-hydrogen) atoms. The number of benzene rings is 1. The molecule has 3 amide bonds. The predicted octanol–water partition coefficient (Wildman–Crippen LogP) is 0.517. The zero-order valence-corrected chi connectivity index (χ0v) is 21.3. The van der Waals surface area contributed by atoms with Crippen molar-refractivity contribution < 1.29 is 14.0 Å². The number of nitrogens with zero attached hydrogens (tertiary/aromatic N) is 5. The second-order valence-electron chi connectivity index (χ2n) is 10.3. The van der Waals surface area contributed by atoms with Crippen LogP contribution in [-0.4, -0.2) is 93.2 Å². The SMILES string of the molecule is CC(C)(N)C(=O)N1CCN(C(=O)Nc2ccn(-c3ccc(CN4CC[C@@H](N)[C@H](F)C4)cc3)c(=O)n2)CC1. The molecule has 2 aliphatic heterocycles. The number of nitrogens with one attached hydrogen (secondary N) is 1. The number of piperidine rings is 1. The summed E-state index contributed by atoms with van der Waals surface area (Å²) in [4.78, 5) is 46.9. The predicted molar refractivity (Wildman–Crippen MR) is 138 cm³/mol. The number of hydrogen-bond acceptors (Lipinski definition) is 7. The van der Waals surface area contributed by atoms with Gasteiger partial charge in [0.25, 0.3) is 0 Å². The molecular weight excluding hydrogens is 479 g/mol. The molecule has 200 valence electrons. The molecule has 2 aromatic rings. The topological polar surface area (TPSA) is 143 Å². The lowest BCUT2D eigenvalue weighted by molar-refractivity contribution is -0.137. The summed E-state index contributed by atoms with van der Waals surface area (Å²) in [6.07, 6.45) is 1.17. The monoisotopic (exact) mass is 514 g/mol. The van der Waals surface area contributed by atoms with Crippen LogP contribution >= 0.6 is 0 Å². The summed E-state index contributed by atoms with van der Waals surface area (Å²) in [5.74, 6) is -0.0101. The summed E-state index contributed by atoms with van der Waals surface area (Å²) in [7, 11) is 0. The van der Waals surface area contributed by atoms with Crippen molar-refractivity contribution >= 4 is 17.8 Å². The van der Waals surface area contributed by atoms with Crippen LogP contribution in [0.15, 0.2) is 41.3 Å². The van der Waals surface area contributed by atoms with Crippen molar-refractivity contribution in [2.45, 2.75) is 44.6 Å². The van der Waals surface area contributed by atoms with Crippen LogP contribution in [0.1, 0.15) is 25.8 Å². The van der Waals surface area contributed by atoms with Crippen molar-refractivity contribution in [2.24, 2.45) is 11.5 Å². The van der Waals surface area contributed by atoms with Gasteiger partial charge in [-0.05, 0) is 44.0 Å². The molecule has 0 aliphatic carbocycles. The van der Waals surface area contributed by atoms with Gasteiger partial charge in [0.05, 0.1) is 11.2 Å². The van der Waals surface area contributed by atoms with Gasteiger partial charge in [0.1, 0.15) is 12.0 Å². The third-order valence-corrected chi connectivity index (χ3v) is 6.74. The number of nitrogens with two attached hydrogens (primary N) is 2. The summed E-state index contributed by atoms with van der Waals surface area (Å²) >= 11 is 0. The smallest absolute Gasteiger partial charge is 0.338 e. The Morgan fingerprint density at radius 1 is 1.08 bits per heavy atom. The Kier molecular flexibility index (Phi) is 7.90. The molecule has 1 aromatic carbocycles. The fourth-order valence-corrected chi connectivity index (χ4v) is 4.53. The highest BCUT2D eigenvalue weighted by molar-refractivity contribution is 5.89. The summed E-state index contributed by atoms with van der Waals surface area (Å²) in [6, 6.07) is 8.19. The quantitative estimate of drug-likeness (QED) is 0.528. The number of carbonyl (C=O) groups is 2. The first kappa shape index (κ1) is 26.7. The number of piperazine rings is 1. The lowest BCUT2D eigenvalue weighted by Gasteiger charge is -2.37. The number of halogens is 1. The number of hydrogen-bond donors (Lipinski definition) is 3. The second-order valence-corrected chi connectivity index (χ2v) is 10.3. The van der Waals surface area contributed by atoms with E-state index >= 15 is 0 Å². The standard InChI is InChI=1S/C25H35FN8O3/c1-25(2,28)22(35)32-11-13-33(14-12-32)23(36)29-21-8-10-34(24(37)30-21)18-5-3-17(4-6-18)15-31-9-7-20(27)19(26)16-31/h3-6,8,10,19-20H,7,9,11-16,27-28H2,1-2H3,(H,29,30,36,37)/t19-,20-/m1/s1. The summed E-state index contributed by atoms with van der Waals surface area (Å²) in [6.45, 7) is 6.47. The highest BCUT2D eigenvalue weighted by atomic mass is 19.1. The largest absolute Gasteiger partial charge is 0.354 e. The molecule has 12 heteroatoms. The molecule has 0 spiro atoms. The zero-order chi connectivity index (χ0) is 26.7. The molecular formula is C25H35FN8O3. The van der Waals surface area contributed by atoms with Crippen LogP contribution in [0.3, 0.4) is 0 Å². The van der Waals surface area contributed by atoms with E-state index in [9.17, 15) is 18.8 Å². The van der Waals surface area contributed by atoms with Gasteiger partial charge >= 0.3 is 11.7 Å². The minimum atomic E-state index is -1.02. The third-order valence-electron chi connectivity index (χ3n) is 6.74. The van der Waals surface area contributed by atoms with E-state index in [1.807, 2.05) is 29.2 Å². The van der Waals surface area contributed by atoms with E-state index in [4.69, 9.17) is 11.5 Å². The molecule has 4 rings (SSSR count). The van der Waals surface area contributed by atoms with E-state index < -0.39 is 23.4 Å². The van der Waals surface area contributed by atoms with Crippen LogP contribution < -0.4 is 22.5 Å². The Labute approximate surface area is 215 Å². The van der Waals surface area contributed by atoms with Gasteiger partial charge in [0, 0.05) is 58.1 Å². The van der Waals surface area contributed by atoms with Crippen LogP contribution in [0.5, 0.6) is 0 Å². The molecule has 2 atom stereocenters. The number of anilines is 1. The van der Waals surface area contributed by atoms with Gasteiger partial charge in [-0.1, -0.05) is 12.1 Å². The first-order valence-electron chi connectivity index (χ1n) is 12.5. The highest BCUT2D eigenvalue weighted by Crippen LogP contribution is 2.17. The Morgan fingerprint density at radius 2 is 1.73 bits per heavy atom. The fourth-order valence-electron chi connectivity index (χ4n) is 4.53. The molecule has 1 aromatic heterocycles. The second kappa shape index (κ2) is 11.0. The average Bonchev–Trinajstić information content (AvgIpc) is 2.86. The van der Waals surface area contributed by atoms with E-state index in [0.717, 1.165) is 12.1 Å².